The molecule has 3 aromatic rings. The van der Waals surface area contributed by atoms with Crippen molar-refractivity contribution in [3.05, 3.63) is 53.1 Å². The predicted molar refractivity (Wildman–Crippen MR) is 121 cm³/mol. The number of esters is 1. The zero-order chi connectivity index (χ0) is 21.9. The lowest BCUT2D eigenvalue weighted by Gasteiger charge is -2.56. The Morgan fingerprint density at radius 1 is 1.25 bits per heavy atom. The van der Waals surface area contributed by atoms with E-state index in [2.05, 4.69) is 16.0 Å². The fraction of sp³-hybridized carbons (Fsp3) is 0.500. The maximum absolute atomic E-state index is 13.3. The second-order valence-corrected chi connectivity index (χ2v) is 9.59. The Morgan fingerprint density at radius 2 is 2.12 bits per heavy atom. The second-order valence-electron chi connectivity index (χ2n) is 9.59. The summed E-state index contributed by atoms with van der Waals surface area (Å²) in [5.74, 6) is 1.70. The topological polar surface area (TPSA) is 67.7 Å². The summed E-state index contributed by atoms with van der Waals surface area (Å²) < 4.78 is 18.1. The van der Waals surface area contributed by atoms with E-state index in [1.165, 1.54) is 25.7 Å². The lowest BCUT2D eigenvalue weighted by molar-refractivity contribution is -0.177. The van der Waals surface area contributed by atoms with Crippen molar-refractivity contribution in [3.63, 3.8) is 0 Å². The smallest absolute Gasteiger partial charge is 0.341 e. The van der Waals surface area contributed by atoms with Crippen LogP contribution in [-0.4, -0.2) is 34.7 Å². The van der Waals surface area contributed by atoms with Crippen LogP contribution < -0.4 is 4.74 Å². The Kier molecular flexibility index (Phi) is 4.61. The van der Waals surface area contributed by atoms with E-state index in [4.69, 9.17) is 13.9 Å². The Morgan fingerprint density at radius 3 is 2.97 bits per heavy atom. The number of ether oxygens (including phenoxy) is 2. The fourth-order valence-electron chi connectivity index (χ4n) is 6.27. The highest BCUT2D eigenvalue weighted by Gasteiger charge is 2.52. The molecule has 2 saturated heterocycles. The van der Waals surface area contributed by atoms with Gasteiger partial charge in [-0.2, -0.15) is 0 Å². The number of fused-ring (bicyclic) bond motifs is 3. The number of H-pyrrole nitrogens is 1. The Bertz CT molecular complexity index is 1160. The number of rotatable bonds is 3. The SMILES string of the molecule is Cc1[nH]c2ccc3c(c2c1C(=O)O[C@H](C)c1ccco1)CC1CCCN2CCCCC12O3. The monoisotopic (exact) mass is 434 g/mol. The molecule has 6 rings (SSSR count). The maximum atomic E-state index is 13.3. The van der Waals surface area contributed by atoms with Crippen molar-refractivity contribution in [3.8, 4) is 5.75 Å². The van der Waals surface area contributed by atoms with Gasteiger partial charge in [-0.05, 0) is 70.2 Å². The van der Waals surface area contributed by atoms with E-state index in [1.807, 2.05) is 26.0 Å². The molecule has 168 valence electrons. The summed E-state index contributed by atoms with van der Waals surface area (Å²) in [4.78, 5) is 19.3. The molecule has 0 radical (unpaired) electrons. The van der Waals surface area contributed by atoms with Gasteiger partial charge in [-0.1, -0.05) is 0 Å². The van der Waals surface area contributed by atoms with Crippen LogP contribution in [0.15, 0.2) is 34.9 Å². The molecule has 3 aliphatic rings. The molecule has 6 nitrogen and oxygen atoms in total. The van der Waals surface area contributed by atoms with E-state index < -0.39 is 6.10 Å². The molecule has 0 saturated carbocycles. The standard InChI is InChI=1S/C26H30N2O4/c1-16-23(25(29)31-17(2)21-8-6-14-30-21)24-19-15-18-7-5-13-28-12-4-3-11-26(18,28)32-22(19)10-9-20(24)27-16/h6,8-10,14,17-18,27H,3-5,7,11-13,15H2,1-2H3/t17-,18?,26?/m1/s1. The van der Waals surface area contributed by atoms with Crippen molar-refractivity contribution in [1.29, 1.82) is 0 Å². The molecule has 1 spiro atoms. The number of benzene rings is 1. The van der Waals surface area contributed by atoms with Gasteiger partial charge >= 0.3 is 5.97 Å². The lowest BCUT2D eigenvalue weighted by atomic mass is 9.74. The van der Waals surface area contributed by atoms with Crippen LogP contribution in [0.4, 0.5) is 0 Å². The molecule has 2 aromatic heterocycles. The van der Waals surface area contributed by atoms with E-state index >= 15 is 0 Å². The van der Waals surface area contributed by atoms with Gasteiger partial charge in [0.05, 0.1) is 11.8 Å². The van der Waals surface area contributed by atoms with E-state index in [9.17, 15) is 4.79 Å². The highest BCUT2D eigenvalue weighted by molar-refractivity contribution is 6.07. The number of nitrogens with zero attached hydrogens (tertiary/aromatic N) is 1. The lowest BCUT2D eigenvalue weighted by Crippen LogP contribution is -2.64. The van der Waals surface area contributed by atoms with Crippen LogP contribution >= 0.6 is 0 Å². The summed E-state index contributed by atoms with van der Waals surface area (Å²) in [5, 5.41) is 0.958. The average molecular weight is 435 g/mol. The van der Waals surface area contributed by atoms with Crippen molar-refractivity contribution in [2.45, 2.75) is 64.2 Å². The minimum atomic E-state index is -0.449. The summed E-state index contributed by atoms with van der Waals surface area (Å²) in [6, 6.07) is 7.76. The van der Waals surface area contributed by atoms with Crippen LogP contribution in [0.2, 0.25) is 0 Å². The van der Waals surface area contributed by atoms with Gasteiger partial charge in [0.1, 0.15) is 11.5 Å². The third-order valence-corrected chi connectivity index (χ3v) is 7.75. The number of hydrogen-bond donors (Lipinski definition) is 1. The molecular formula is C26H30N2O4. The van der Waals surface area contributed by atoms with Gasteiger partial charge in [0.25, 0.3) is 0 Å². The van der Waals surface area contributed by atoms with Gasteiger partial charge < -0.3 is 18.9 Å². The summed E-state index contributed by atoms with van der Waals surface area (Å²) in [6.45, 7) is 6.03. The molecule has 3 atom stereocenters. The van der Waals surface area contributed by atoms with Gasteiger partial charge in [0.2, 0.25) is 0 Å². The number of furan rings is 1. The number of aromatic nitrogens is 1. The largest absolute Gasteiger partial charge is 0.472 e. The quantitative estimate of drug-likeness (QED) is 0.550. The number of carbonyl (C=O) groups is 1. The summed E-state index contributed by atoms with van der Waals surface area (Å²) in [7, 11) is 0. The van der Waals surface area contributed by atoms with Gasteiger partial charge in [-0.15, -0.1) is 0 Å². The second kappa shape index (κ2) is 7.41. The van der Waals surface area contributed by atoms with E-state index in [0.717, 1.165) is 53.8 Å². The highest BCUT2D eigenvalue weighted by Crippen LogP contribution is 2.50. The summed E-state index contributed by atoms with van der Waals surface area (Å²) >= 11 is 0. The number of nitrogens with one attached hydrogen (secondary N) is 1. The molecular weight excluding hydrogens is 404 g/mol. The zero-order valence-electron chi connectivity index (χ0n) is 18.8. The molecule has 0 aliphatic carbocycles. The van der Waals surface area contributed by atoms with Crippen molar-refractivity contribution in [2.75, 3.05) is 13.1 Å². The van der Waals surface area contributed by atoms with Crippen LogP contribution in [0.25, 0.3) is 10.9 Å². The van der Waals surface area contributed by atoms with Gasteiger partial charge in [-0.25, -0.2) is 4.79 Å². The molecule has 0 bridgehead atoms. The fourth-order valence-corrected chi connectivity index (χ4v) is 6.27. The molecule has 1 N–H and O–H groups in total. The highest BCUT2D eigenvalue weighted by atomic mass is 16.6. The average Bonchev–Trinajstić information content (AvgIpc) is 3.44. The van der Waals surface area contributed by atoms with E-state index in [1.54, 1.807) is 12.3 Å². The van der Waals surface area contributed by atoms with E-state index in [-0.39, 0.29) is 11.7 Å². The number of aryl methyl sites for hydroxylation is 1. The van der Waals surface area contributed by atoms with Crippen LogP contribution in [0.1, 0.15) is 72.5 Å². The number of piperidine rings is 2. The Labute approximate surface area is 187 Å². The number of aromatic amines is 1. The van der Waals surface area contributed by atoms with Crippen molar-refractivity contribution in [2.24, 2.45) is 5.92 Å². The third-order valence-electron chi connectivity index (χ3n) is 7.75. The van der Waals surface area contributed by atoms with Gasteiger partial charge in [0, 0.05) is 47.6 Å². The Hall–Kier alpha value is -2.73. The van der Waals surface area contributed by atoms with Gasteiger partial charge in [0.15, 0.2) is 11.8 Å². The Balaban J connectivity index is 1.41. The van der Waals surface area contributed by atoms with E-state index in [0.29, 0.717) is 17.2 Å². The first kappa shape index (κ1) is 19.9. The molecule has 32 heavy (non-hydrogen) atoms. The molecule has 5 heterocycles. The predicted octanol–water partition coefficient (Wildman–Crippen LogP) is 5.51. The van der Waals surface area contributed by atoms with Crippen LogP contribution in [0.3, 0.4) is 0 Å². The van der Waals surface area contributed by atoms with Crippen molar-refractivity contribution >= 4 is 16.9 Å². The molecule has 2 fully saturated rings. The van der Waals surface area contributed by atoms with Gasteiger partial charge in [-0.3, -0.25) is 4.90 Å². The minimum Gasteiger partial charge on any atom is -0.472 e. The molecule has 0 amide bonds. The van der Waals surface area contributed by atoms with Crippen molar-refractivity contribution in [1.82, 2.24) is 9.88 Å². The zero-order valence-corrected chi connectivity index (χ0v) is 18.8. The first-order valence-corrected chi connectivity index (χ1v) is 11.9. The van der Waals surface area contributed by atoms with Crippen LogP contribution in [-0.2, 0) is 11.2 Å². The van der Waals surface area contributed by atoms with Crippen molar-refractivity contribution < 1.29 is 18.7 Å². The van der Waals surface area contributed by atoms with Crippen LogP contribution in [0, 0.1) is 12.8 Å². The summed E-state index contributed by atoms with van der Waals surface area (Å²) in [5.41, 5.74) is 3.39. The normalized spacial score (nSPS) is 26.0. The first-order chi connectivity index (χ1) is 15.6. The summed E-state index contributed by atoms with van der Waals surface area (Å²) in [6.07, 6.45) is 8.04. The number of carbonyl (C=O) groups excluding carboxylic acids is 1. The molecule has 6 heteroatoms. The maximum Gasteiger partial charge on any atom is 0.341 e. The number of hydrogen-bond acceptors (Lipinski definition) is 5. The molecule has 3 aliphatic heterocycles. The first-order valence-electron chi connectivity index (χ1n) is 11.9. The molecule has 2 unspecified atom stereocenters. The molecule has 1 aromatic carbocycles. The van der Waals surface area contributed by atoms with Crippen LogP contribution in [0.5, 0.6) is 5.75 Å². The minimum absolute atomic E-state index is 0.170. The third kappa shape index (κ3) is 2.92.